The lowest BCUT2D eigenvalue weighted by Gasteiger charge is -2.20. The lowest BCUT2D eigenvalue weighted by molar-refractivity contribution is -0.137. The fourth-order valence-electron chi connectivity index (χ4n) is 4.08. The molecule has 1 aliphatic rings. The van der Waals surface area contributed by atoms with Crippen molar-refractivity contribution in [3.8, 4) is 5.75 Å². The van der Waals surface area contributed by atoms with Crippen molar-refractivity contribution in [3.63, 3.8) is 0 Å². The van der Waals surface area contributed by atoms with E-state index < -0.39 is 23.5 Å². The van der Waals surface area contributed by atoms with Gasteiger partial charge in [0.2, 0.25) is 23.1 Å². The fourth-order valence-corrected chi connectivity index (χ4v) is 4.08. The number of alkyl halides is 3. The van der Waals surface area contributed by atoms with Gasteiger partial charge in [-0.2, -0.15) is 13.2 Å². The number of phenolic OH excluding ortho intramolecular Hbond substituents is 1. The second kappa shape index (κ2) is 13.9. The Morgan fingerprint density at radius 3 is 1.95 bits per heavy atom. The van der Waals surface area contributed by atoms with Crippen LogP contribution in [0.4, 0.5) is 13.2 Å². The third-order valence-corrected chi connectivity index (χ3v) is 6.19. The average Bonchev–Trinajstić information content (AvgIpc) is 2.85. The number of rotatable bonds is 14. The van der Waals surface area contributed by atoms with Gasteiger partial charge in [0.25, 0.3) is 0 Å². The van der Waals surface area contributed by atoms with Gasteiger partial charge in [0, 0.05) is 11.1 Å². The van der Waals surface area contributed by atoms with E-state index in [-0.39, 0.29) is 35.3 Å². The minimum atomic E-state index is -4.61. The van der Waals surface area contributed by atoms with Gasteiger partial charge >= 0.3 is 12.1 Å². The molecule has 7 nitrogen and oxygen atoms in total. The van der Waals surface area contributed by atoms with Crippen LogP contribution in [0.3, 0.4) is 0 Å². The zero-order chi connectivity index (χ0) is 27.6. The summed E-state index contributed by atoms with van der Waals surface area (Å²) in [5, 5.41) is 9.69. The molecule has 10 heteroatoms. The first-order valence-corrected chi connectivity index (χ1v) is 12.2. The van der Waals surface area contributed by atoms with Crippen LogP contribution in [0.15, 0.2) is 40.9 Å². The normalized spacial score (nSPS) is 14.3. The summed E-state index contributed by atoms with van der Waals surface area (Å²) in [5.74, 6) is -2.35. The van der Waals surface area contributed by atoms with Gasteiger partial charge < -0.3 is 19.3 Å². The molecule has 37 heavy (non-hydrogen) atoms. The number of ether oxygens (including phenoxy) is 3. The highest BCUT2D eigenvalue weighted by atomic mass is 19.4. The topological polar surface area (TPSA) is 99.1 Å². The predicted octanol–water partition coefficient (Wildman–Crippen LogP) is 6.05. The summed E-state index contributed by atoms with van der Waals surface area (Å²) in [7, 11) is 2.67. The first-order valence-electron chi connectivity index (χ1n) is 12.2. The molecule has 0 spiro atoms. The smallest absolute Gasteiger partial charge is 0.416 e. The minimum Gasteiger partial charge on any atom is -0.507 e. The molecule has 0 heterocycles. The molecule has 1 aromatic rings. The van der Waals surface area contributed by atoms with E-state index in [1.807, 2.05) is 0 Å². The van der Waals surface area contributed by atoms with E-state index in [9.17, 15) is 32.7 Å². The van der Waals surface area contributed by atoms with Crippen molar-refractivity contribution in [2.45, 2.75) is 70.9 Å². The van der Waals surface area contributed by atoms with E-state index in [1.165, 1.54) is 14.2 Å². The van der Waals surface area contributed by atoms with Crippen LogP contribution < -0.4 is 0 Å². The third kappa shape index (κ3) is 8.10. The van der Waals surface area contributed by atoms with Crippen LogP contribution >= 0.6 is 0 Å². The molecular weight excluding hydrogens is 493 g/mol. The summed E-state index contributed by atoms with van der Waals surface area (Å²) in [6.45, 7) is 1.74. The molecule has 0 unspecified atom stereocenters. The lowest BCUT2D eigenvalue weighted by Crippen LogP contribution is -2.25. The van der Waals surface area contributed by atoms with Crippen LogP contribution in [0, 0.1) is 0 Å². The van der Waals surface area contributed by atoms with Gasteiger partial charge in [-0.1, -0.05) is 38.5 Å². The number of allylic oxidation sites excluding steroid dienone is 2. The van der Waals surface area contributed by atoms with Gasteiger partial charge in [0.1, 0.15) is 11.3 Å². The Labute approximate surface area is 214 Å². The number of carbonyl (C=O) groups is 3. The van der Waals surface area contributed by atoms with Crippen molar-refractivity contribution >= 4 is 17.5 Å². The summed E-state index contributed by atoms with van der Waals surface area (Å²) in [4.78, 5) is 37.0. The Morgan fingerprint density at radius 1 is 0.865 bits per heavy atom. The maximum Gasteiger partial charge on any atom is 0.416 e. The molecule has 2 rings (SSSR count). The first kappa shape index (κ1) is 29.9. The molecule has 0 saturated heterocycles. The van der Waals surface area contributed by atoms with Crippen LogP contribution in [0.5, 0.6) is 5.75 Å². The average molecular weight is 527 g/mol. The highest BCUT2D eigenvalue weighted by Crippen LogP contribution is 2.33. The molecule has 1 aromatic carbocycles. The second-order valence-corrected chi connectivity index (χ2v) is 8.77. The van der Waals surface area contributed by atoms with Crippen molar-refractivity contribution in [2.24, 2.45) is 0 Å². The van der Waals surface area contributed by atoms with Crippen molar-refractivity contribution < 1.29 is 46.9 Å². The van der Waals surface area contributed by atoms with Gasteiger partial charge in [-0.15, -0.1) is 0 Å². The van der Waals surface area contributed by atoms with Gasteiger partial charge in [0.05, 0.1) is 26.4 Å². The monoisotopic (exact) mass is 526 g/mol. The number of esters is 1. The van der Waals surface area contributed by atoms with Crippen molar-refractivity contribution in [1.82, 2.24) is 0 Å². The Hall–Kier alpha value is -3.30. The Bertz CT molecular complexity index is 1050. The molecule has 0 bridgehead atoms. The number of carbonyl (C=O) groups excluding carboxylic acids is 3. The molecule has 0 aromatic heterocycles. The number of phenols is 1. The molecule has 0 fully saturated rings. The van der Waals surface area contributed by atoms with Crippen LogP contribution in [0.2, 0.25) is 0 Å². The Balaban J connectivity index is 1.59. The number of hydrogen-bond donors (Lipinski definition) is 1. The van der Waals surface area contributed by atoms with Crippen molar-refractivity contribution in [2.75, 3.05) is 20.8 Å². The predicted molar refractivity (Wildman–Crippen MR) is 129 cm³/mol. The molecular formula is C27H33F3O7. The second-order valence-electron chi connectivity index (χ2n) is 8.77. The maximum absolute atomic E-state index is 12.6. The number of Topliss-reactive ketones (excluding diaryl/α,β-unsaturated/α-hetero) is 2. The van der Waals surface area contributed by atoms with Crippen LogP contribution in [-0.2, 0) is 30.0 Å². The number of ketones is 2. The van der Waals surface area contributed by atoms with E-state index in [0.717, 1.165) is 57.1 Å². The summed E-state index contributed by atoms with van der Waals surface area (Å²) in [6, 6.07) is 2.14. The Morgan fingerprint density at radius 2 is 1.41 bits per heavy atom. The molecule has 0 radical (unpaired) electrons. The highest BCUT2D eigenvalue weighted by molar-refractivity contribution is 6.23. The van der Waals surface area contributed by atoms with E-state index in [0.29, 0.717) is 30.1 Å². The molecule has 0 atom stereocenters. The summed E-state index contributed by atoms with van der Waals surface area (Å²) < 4.78 is 53.1. The summed E-state index contributed by atoms with van der Waals surface area (Å²) in [6.07, 6.45) is 2.91. The summed E-state index contributed by atoms with van der Waals surface area (Å²) >= 11 is 0. The number of unbranched alkanes of at least 4 members (excludes halogenated alkanes) is 7. The number of halogens is 3. The Kier molecular flexibility index (Phi) is 11.2. The van der Waals surface area contributed by atoms with Crippen LogP contribution in [0.1, 0.15) is 80.6 Å². The molecule has 0 aliphatic heterocycles. The molecule has 1 N–H and O–H groups in total. The first-order chi connectivity index (χ1) is 17.5. The highest BCUT2D eigenvalue weighted by Gasteiger charge is 2.34. The van der Waals surface area contributed by atoms with E-state index in [2.05, 4.69) is 0 Å². The van der Waals surface area contributed by atoms with E-state index in [1.54, 1.807) is 6.92 Å². The largest absolute Gasteiger partial charge is 0.507 e. The summed E-state index contributed by atoms with van der Waals surface area (Å²) in [5.41, 5.74) is -0.463. The van der Waals surface area contributed by atoms with Crippen molar-refractivity contribution in [1.29, 1.82) is 0 Å². The number of hydrogen-bond acceptors (Lipinski definition) is 7. The third-order valence-electron chi connectivity index (χ3n) is 6.19. The molecule has 204 valence electrons. The molecule has 0 saturated carbocycles. The van der Waals surface area contributed by atoms with Crippen LogP contribution in [0.25, 0.3) is 0 Å². The molecule has 1 aliphatic carbocycles. The van der Waals surface area contributed by atoms with E-state index in [4.69, 9.17) is 14.2 Å². The van der Waals surface area contributed by atoms with E-state index >= 15 is 0 Å². The maximum atomic E-state index is 12.6. The van der Waals surface area contributed by atoms with Crippen LogP contribution in [-0.4, -0.2) is 43.5 Å². The fraction of sp³-hybridized carbons (Fsp3) is 0.519. The standard InChI is InChI=1S/C27H33F3O7/c1-17-19(23(33)25(36-3)24(35-2)22(17)32)12-10-8-6-4-5-7-9-11-15-37-26(34)20-14-13-18(16-21(20)31)27(28,29)30/h13-14,16,31H,4-12,15H2,1-3H3. The van der Waals surface area contributed by atoms with Crippen molar-refractivity contribution in [3.05, 3.63) is 52.0 Å². The number of benzene rings is 1. The zero-order valence-electron chi connectivity index (χ0n) is 21.3. The van der Waals surface area contributed by atoms with Gasteiger partial charge in [-0.3, -0.25) is 9.59 Å². The quantitative estimate of drug-likeness (QED) is 0.179. The molecule has 0 amide bonds. The zero-order valence-corrected chi connectivity index (χ0v) is 21.3. The van der Waals surface area contributed by atoms with Gasteiger partial charge in [0.15, 0.2) is 0 Å². The minimum absolute atomic E-state index is 0.0464. The van der Waals surface area contributed by atoms with Gasteiger partial charge in [-0.05, 0) is 44.4 Å². The SMILES string of the molecule is COC1=C(OC)C(=O)C(CCCCCCCCCCOC(=O)c2ccc(C(F)(F)F)cc2O)=C(C)C1=O. The number of aromatic hydroxyl groups is 1. The van der Waals surface area contributed by atoms with Gasteiger partial charge in [-0.25, -0.2) is 4.79 Å². The lowest BCUT2D eigenvalue weighted by atomic mass is 9.89. The number of methoxy groups -OCH3 is 2.